The van der Waals surface area contributed by atoms with Crippen molar-refractivity contribution in [1.29, 1.82) is 0 Å². The minimum absolute atomic E-state index is 0.0477. The fraction of sp³-hybridized carbons (Fsp3) is 0.158. The molecule has 25 heavy (non-hydrogen) atoms. The normalized spacial score (nSPS) is 14.5. The van der Waals surface area contributed by atoms with E-state index in [0.29, 0.717) is 16.4 Å². The maximum Gasteiger partial charge on any atom is 0.283 e. The number of halogens is 2. The molecule has 128 valence electrons. The van der Waals surface area contributed by atoms with Crippen LogP contribution in [-0.4, -0.2) is 11.8 Å². The molecular weight excluding hydrogens is 359 g/mol. The van der Waals surface area contributed by atoms with Crippen LogP contribution in [0.15, 0.2) is 47.1 Å². The lowest BCUT2D eigenvalue weighted by Crippen LogP contribution is -2.32. The number of nitrogens with one attached hydrogen (secondary N) is 1. The molecule has 1 aliphatic heterocycles. The van der Waals surface area contributed by atoms with E-state index >= 15 is 0 Å². The van der Waals surface area contributed by atoms with Crippen molar-refractivity contribution in [3.05, 3.63) is 68.8 Å². The molecule has 0 radical (unpaired) electrons. The van der Waals surface area contributed by atoms with Crippen LogP contribution in [0, 0.1) is 20.8 Å². The fourth-order valence-corrected chi connectivity index (χ4v) is 3.09. The van der Waals surface area contributed by atoms with Crippen molar-refractivity contribution in [1.82, 2.24) is 0 Å². The van der Waals surface area contributed by atoms with Crippen molar-refractivity contribution in [2.24, 2.45) is 0 Å². The standard InChI is InChI=1S/C19H16Cl2N2O2/c1-10-4-7-15(12(3)8-10)23-18(24)16(21)17(19(23)25)22-13-6-5-11(2)14(20)9-13/h4-9,22H,1-3H3. The molecule has 0 unspecified atom stereocenters. The second kappa shape index (κ2) is 6.54. The van der Waals surface area contributed by atoms with E-state index in [0.717, 1.165) is 21.6 Å². The van der Waals surface area contributed by atoms with Gasteiger partial charge < -0.3 is 5.32 Å². The zero-order valence-electron chi connectivity index (χ0n) is 14.0. The van der Waals surface area contributed by atoms with E-state index in [9.17, 15) is 9.59 Å². The SMILES string of the molecule is Cc1ccc(N2C(=O)C(Cl)=C(Nc3ccc(C)c(Cl)c3)C2=O)c(C)c1. The lowest BCUT2D eigenvalue weighted by Gasteiger charge is -2.18. The summed E-state index contributed by atoms with van der Waals surface area (Å²) >= 11 is 12.3. The van der Waals surface area contributed by atoms with Gasteiger partial charge in [0, 0.05) is 10.7 Å². The van der Waals surface area contributed by atoms with Gasteiger partial charge in [-0.1, -0.05) is 47.0 Å². The van der Waals surface area contributed by atoms with E-state index in [1.807, 2.05) is 39.0 Å². The van der Waals surface area contributed by atoms with E-state index in [1.165, 1.54) is 0 Å². The molecule has 2 aromatic carbocycles. The van der Waals surface area contributed by atoms with Crippen LogP contribution >= 0.6 is 23.2 Å². The van der Waals surface area contributed by atoms with Crippen molar-refractivity contribution < 1.29 is 9.59 Å². The Hall–Kier alpha value is -2.30. The zero-order valence-corrected chi connectivity index (χ0v) is 15.5. The number of imide groups is 1. The van der Waals surface area contributed by atoms with Gasteiger partial charge in [0.1, 0.15) is 10.7 Å². The Morgan fingerprint density at radius 3 is 2.24 bits per heavy atom. The second-order valence-electron chi connectivity index (χ2n) is 6.01. The first-order chi connectivity index (χ1) is 11.8. The monoisotopic (exact) mass is 374 g/mol. The van der Waals surface area contributed by atoms with Crippen molar-refractivity contribution in [2.45, 2.75) is 20.8 Å². The van der Waals surface area contributed by atoms with E-state index < -0.39 is 11.8 Å². The van der Waals surface area contributed by atoms with Crippen LogP contribution in [0.5, 0.6) is 0 Å². The highest BCUT2D eigenvalue weighted by atomic mass is 35.5. The maximum atomic E-state index is 12.8. The largest absolute Gasteiger partial charge is 0.350 e. The smallest absolute Gasteiger partial charge is 0.283 e. The summed E-state index contributed by atoms with van der Waals surface area (Å²) in [4.78, 5) is 26.4. The maximum absolute atomic E-state index is 12.8. The summed E-state index contributed by atoms with van der Waals surface area (Å²) in [5.41, 5.74) is 3.95. The molecule has 0 atom stereocenters. The van der Waals surface area contributed by atoms with Gasteiger partial charge in [0.15, 0.2) is 0 Å². The minimum Gasteiger partial charge on any atom is -0.350 e. The molecule has 4 nitrogen and oxygen atoms in total. The minimum atomic E-state index is -0.542. The highest BCUT2D eigenvalue weighted by Crippen LogP contribution is 2.32. The summed E-state index contributed by atoms with van der Waals surface area (Å²) in [6, 6.07) is 10.8. The molecule has 0 aliphatic carbocycles. The Morgan fingerprint density at radius 2 is 1.60 bits per heavy atom. The molecule has 0 spiro atoms. The Morgan fingerprint density at radius 1 is 0.880 bits per heavy atom. The number of aryl methyl sites for hydroxylation is 3. The Kier molecular flexibility index (Phi) is 4.58. The topological polar surface area (TPSA) is 49.4 Å². The van der Waals surface area contributed by atoms with Gasteiger partial charge in [0.25, 0.3) is 11.8 Å². The average molecular weight is 375 g/mol. The number of benzene rings is 2. The van der Waals surface area contributed by atoms with E-state index in [2.05, 4.69) is 5.32 Å². The van der Waals surface area contributed by atoms with E-state index in [-0.39, 0.29) is 10.7 Å². The molecule has 2 aromatic rings. The summed E-state index contributed by atoms with van der Waals surface area (Å²) < 4.78 is 0. The Bertz CT molecular complexity index is 935. The van der Waals surface area contributed by atoms with Crippen LogP contribution in [0.3, 0.4) is 0 Å². The van der Waals surface area contributed by atoms with Crippen LogP contribution < -0.4 is 10.2 Å². The molecule has 0 saturated carbocycles. The van der Waals surface area contributed by atoms with Crippen LogP contribution in [0.2, 0.25) is 5.02 Å². The Balaban J connectivity index is 1.95. The number of carbonyl (C=O) groups is 2. The summed E-state index contributed by atoms with van der Waals surface area (Å²) in [6.07, 6.45) is 0. The van der Waals surface area contributed by atoms with Crippen LogP contribution in [0.1, 0.15) is 16.7 Å². The van der Waals surface area contributed by atoms with Crippen LogP contribution in [0.4, 0.5) is 11.4 Å². The zero-order chi connectivity index (χ0) is 18.3. The summed E-state index contributed by atoms with van der Waals surface area (Å²) in [5, 5.41) is 3.34. The van der Waals surface area contributed by atoms with Gasteiger partial charge in [-0.25, -0.2) is 4.90 Å². The quantitative estimate of drug-likeness (QED) is 0.791. The first-order valence-electron chi connectivity index (χ1n) is 7.68. The Labute approximate surface area is 156 Å². The third-order valence-electron chi connectivity index (χ3n) is 4.06. The molecule has 2 amide bonds. The predicted octanol–water partition coefficient (Wildman–Crippen LogP) is 4.70. The first kappa shape index (κ1) is 17.5. The number of hydrogen-bond donors (Lipinski definition) is 1. The number of rotatable bonds is 3. The average Bonchev–Trinajstić information content (AvgIpc) is 2.75. The van der Waals surface area contributed by atoms with Gasteiger partial charge in [-0.05, 0) is 50.1 Å². The lowest BCUT2D eigenvalue weighted by molar-refractivity contribution is -0.120. The van der Waals surface area contributed by atoms with Gasteiger partial charge in [0.2, 0.25) is 0 Å². The molecule has 1 N–H and O–H groups in total. The summed E-state index contributed by atoms with van der Waals surface area (Å²) in [7, 11) is 0. The van der Waals surface area contributed by atoms with Gasteiger partial charge in [-0.2, -0.15) is 0 Å². The number of carbonyl (C=O) groups excluding carboxylic acids is 2. The number of anilines is 2. The van der Waals surface area contributed by atoms with Crippen molar-refractivity contribution in [3.8, 4) is 0 Å². The molecule has 1 heterocycles. The van der Waals surface area contributed by atoms with Crippen LogP contribution in [-0.2, 0) is 9.59 Å². The fourth-order valence-electron chi connectivity index (χ4n) is 2.70. The van der Waals surface area contributed by atoms with Crippen molar-refractivity contribution in [2.75, 3.05) is 10.2 Å². The van der Waals surface area contributed by atoms with Gasteiger partial charge in [-0.15, -0.1) is 0 Å². The first-order valence-corrected chi connectivity index (χ1v) is 8.44. The number of amides is 2. The lowest BCUT2D eigenvalue weighted by atomic mass is 10.1. The van der Waals surface area contributed by atoms with Crippen molar-refractivity contribution in [3.63, 3.8) is 0 Å². The summed E-state index contributed by atoms with van der Waals surface area (Å²) in [6.45, 7) is 5.68. The molecule has 6 heteroatoms. The second-order valence-corrected chi connectivity index (χ2v) is 6.80. The molecule has 0 saturated heterocycles. The molecule has 3 rings (SSSR count). The highest BCUT2D eigenvalue weighted by Gasteiger charge is 2.39. The van der Waals surface area contributed by atoms with E-state index in [1.54, 1.807) is 18.2 Å². The predicted molar refractivity (Wildman–Crippen MR) is 101 cm³/mol. The highest BCUT2D eigenvalue weighted by molar-refractivity contribution is 6.53. The van der Waals surface area contributed by atoms with Gasteiger partial charge in [0.05, 0.1) is 5.69 Å². The summed E-state index contributed by atoms with van der Waals surface area (Å²) in [5.74, 6) is -1.03. The van der Waals surface area contributed by atoms with Crippen molar-refractivity contribution >= 4 is 46.4 Å². The number of nitrogens with zero attached hydrogens (tertiary/aromatic N) is 1. The van der Waals surface area contributed by atoms with Gasteiger partial charge >= 0.3 is 0 Å². The molecular formula is C19H16Cl2N2O2. The third-order valence-corrected chi connectivity index (χ3v) is 4.82. The third kappa shape index (κ3) is 3.15. The van der Waals surface area contributed by atoms with Gasteiger partial charge in [-0.3, -0.25) is 9.59 Å². The molecule has 0 bridgehead atoms. The number of hydrogen-bond acceptors (Lipinski definition) is 3. The van der Waals surface area contributed by atoms with E-state index in [4.69, 9.17) is 23.2 Å². The molecule has 0 aromatic heterocycles. The van der Waals surface area contributed by atoms with Crippen LogP contribution in [0.25, 0.3) is 0 Å². The molecule has 0 fully saturated rings. The molecule has 1 aliphatic rings.